The fourth-order valence-corrected chi connectivity index (χ4v) is 7.38. The SMILES string of the molecule is CCNC(=O)C1(c2ccc(CN3[C@@H](C)CCC(c4ccccc4)S3(=O)=O)c(F)c2)CCOCC1. The lowest BCUT2D eigenvalue weighted by Gasteiger charge is -2.38. The van der Waals surface area contributed by atoms with Gasteiger partial charge in [-0.15, -0.1) is 0 Å². The number of nitrogens with one attached hydrogen (secondary N) is 1. The number of halogens is 1. The molecule has 2 aliphatic heterocycles. The van der Waals surface area contributed by atoms with Crippen LogP contribution in [-0.2, 0) is 31.5 Å². The maximum absolute atomic E-state index is 15.4. The normalized spacial score (nSPS) is 24.4. The summed E-state index contributed by atoms with van der Waals surface area (Å²) < 4.78 is 49.3. The van der Waals surface area contributed by atoms with Crippen LogP contribution in [0.5, 0.6) is 0 Å². The van der Waals surface area contributed by atoms with Gasteiger partial charge in [0.1, 0.15) is 11.1 Å². The fraction of sp³-hybridized carbons (Fsp3) is 0.500. The zero-order valence-electron chi connectivity index (χ0n) is 19.8. The number of carbonyl (C=O) groups excluding carboxylic acids is 1. The van der Waals surface area contributed by atoms with Gasteiger partial charge in [-0.3, -0.25) is 4.79 Å². The number of hydrogen-bond acceptors (Lipinski definition) is 4. The van der Waals surface area contributed by atoms with E-state index in [-0.39, 0.29) is 18.5 Å². The van der Waals surface area contributed by atoms with Crippen LogP contribution in [-0.4, -0.2) is 44.4 Å². The van der Waals surface area contributed by atoms with Crippen LogP contribution in [0, 0.1) is 5.82 Å². The van der Waals surface area contributed by atoms with Gasteiger partial charge in [0, 0.05) is 37.9 Å². The Morgan fingerprint density at radius 2 is 1.85 bits per heavy atom. The molecule has 2 atom stereocenters. The highest BCUT2D eigenvalue weighted by atomic mass is 32.2. The molecule has 2 fully saturated rings. The van der Waals surface area contributed by atoms with E-state index in [2.05, 4.69) is 5.32 Å². The standard InChI is InChI=1S/C26H33FN2O4S/c1-3-28-25(30)26(13-15-33-16-14-26)22-11-10-21(23(27)17-22)18-29-19(2)9-12-24(34(29,31)32)20-7-5-4-6-8-20/h4-8,10-11,17,19,24H,3,9,12-16,18H2,1-2H3,(H,28,30)/t19-,24?/m0/s1. The lowest BCUT2D eigenvalue weighted by atomic mass is 9.73. The predicted molar refractivity (Wildman–Crippen MR) is 129 cm³/mol. The van der Waals surface area contributed by atoms with Crippen LogP contribution < -0.4 is 5.32 Å². The molecule has 2 saturated heterocycles. The van der Waals surface area contributed by atoms with Crippen LogP contribution in [0.15, 0.2) is 48.5 Å². The van der Waals surface area contributed by atoms with Crippen LogP contribution in [0.25, 0.3) is 0 Å². The van der Waals surface area contributed by atoms with Gasteiger partial charge in [-0.2, -0.15) is 4.31 Å². The van der Waals surface area contributed by atoms with E-state index in [4.69, 9.17) is 4.74 Å². The molecule has 0 aromatic heterocycles. The van der Waals surface area contributed by atoms with E-state index >= 15 is 4.39 Å². The summed E-state index contributed by atoms with van der Waals surface area (Å²) in [5, 5.41) is 2.26. The number of ether oxygens (including phenoxy) is 1. The van der Waals surface area contributed by atoms with E-state index in [0.29, 0.717) is 56.6 Å². The van der Waals surface area contributed by atoms with Gasteiger partial charge in [0.2, 0.25) is 15.9 Å². The second kappa shape index (κ2) is 10.1. The monoisotopic (exact) mass is 488 g/mol. The number of likely N-dealkylation sites (N-methyl/N-ethyl adjacent to an activating group) is 1. The number of benzene rings is 2. The maximum atomic E-state index is 15.4. The van der Waals surface area contributed by atoms with Crippen LogP contribution in [0.2, 0.25) is 0 Å². The van der Waals surface area contributed by atoms with Crippen molar-refractivity contribution in [3.8, 4) is 0 Å². The molecule has 184 valence electrons. The second-order valence-electron chi connectivity index (χ2n) is 9.28. The Bertz CT molecular complexity index is 1120. The van der Waals surface area contributed by atoms with Gasteiger partial charge in [0.15, 0.2) is 0 Å². The summed E-state index contributed by atoms with van der Waals surface area (Å²) in [4.78, 5) is 13.0. The molecule has 2 aromatic rings. The van der Waals surface area contributed by atoms with Crippen molar-refractivity contribution in [3.63, 3.8) is 0 Å². The summed E-state index contributed by atoms with van der Waals surface area (Å²) >= 11 is 0. The van der Waals surface area contributed by atoms with E-state index in [1.807, 2.05) is 44.2 Å². The van der Waals surface area contributed by atoms with Crippen molar-refractivity contribution in [1.82, 2.24) is 9.62 Å². The van der Waals surface area contributed by atoms with Crippen molar-refractivity contribution in [2.45, 2.75) is 62.8 Å². The Morgan fingerprint density at radius 1 is 1.15 bits per heavy atom. The molecular formula is C26H33FN2O4S. The molecule has 0 saturated carbocycles. The van der Waals surface area contributed by atoms with Gasteiger partial charge in [0.25, 0.3) is 0 Å². The van der Waals surface area contributed by atoms with E-state index in [0.717, 1.165) is 5.56 Å². The molecule has 1 amide bonds. The third-order valence-electron chi connectivity index (χ3n) is 7.25. The van der Waals surface area contributed by atoms with E-state index < -0.39 is 26.5 Å². The number of sulfonamides is 1. The number of rotatable bonds is 6. The summed E-state index contributed by atoms with van der Waals surface area (Å²) in [6, 6.07) is 13.8. The summed E-state index contributed by atoms with van der Waals surface area (Å²) in [7, 11) is -3.66. The molecule has 8 heteroatoms. The zero-order valence-corrected chi connectivity index (χ0v) is 20.6. The second-order valence-corrected chi connectivity index (χ2v) is 11.3. The van der Waals surface area contributed by atoms with Crippen molar-refractivity contribution in [2.75, 3.05) is 19.8 Å². The van der Waals surface area contributed by atoms with Gasteiger partial charge in [-0.1, -0.05) is 42.5 Å². The van der Waals surface area contributed by atoms with Crippen molar-refractivity contribution >= 4 is 15.9 Å². The van der Waals surface area contributed by atoms with E-state index in [1.165, 1.54) is 10.4 Å². The molecule has 2 aromatic carbocycles. The molecule has 0 aliphatic carbocycles. The van der Waals surface area contributed by atoms with Crippen LogP contribution in [0.4, 0.5) is 4.39 Å². The first-order chi connectivity index (χ1) is 16.3. The Morgan fingerprint density at radius 3 is 2.50 bits per heavy atom. The highest BCUT2D eigenvalue weighted by Gasteiger charge is 2.43. The summed E-state index contributed by atoms with van der Waals surface area (Å²) in [5.41, 5.74) is 0.848. The average Bonchev–Trinajstić information content (AvgIpc) is 2.83. The van der Waals surface area contributed by atoms with Gasteiger partial charge in [0.05, 0.1) is 5.41 Å². The minimum Gasteiger partial charge on any atom is -0.381 e. The zero-order chi connectivity index (χ0) is 24.3. The van der Waals surface area contributed by atoms with Crippen molar-refractivity contribution in [2.24, 2.45) is 0 Å². The Balaban J connectivity index is 1.62. The highest BCUT2D eigenvalue weighted by Crippen LogP contribution is 2.39. The number of hydrogen-bond donors (Lipinski definition) is 1. The van der Waals surface area contributed by atoms with Gasteiger partial charge < -0.3 is 10.1 Å². The summed E-state index contributed by atoms with van der Waals surface area (Å²) in [6.45, 7) is 5.07. The molecule has 4 rings (SSSR count). The Labute approximate surface area is 201 Å². The summed E-state index contributed by atoms with van der Waals surface area (Å²) in [6.07, 6.45) is 2.21. The third-order valence-corrected chi connectivity index (χ3v) is 9.62. The minimum absolute atomic E-state index is 0.0315. The smallest absolute Gasteiger partial charge is 0.230 e. The van der Waals surface area contributed by atoms with Crippen LogP contribution >= 0.6 is 0 Å². The maximum Gasteiger partial charge on any atom is 0.230 e. The molecule has 2 aliphatic rings. The first-order valence-electron chi connectivity index (χ1n) is 12.0. The Kier molecular flexibility index (Phi) is 7.40. The third kappa shape index (κ3) is 4.63. The van der Waals surface area contributed by atoms with E-state index in [1.54, 1.807) is 12.1 Å². The average molecular weight is 489 g/mol. The minimum atomic E-state index is -3.66. The molecule has 1 N–H and O–H groups in total. The van der Waals surface area contributed by atoms with Crippen molar-refractivity contribution in [1.29, 1.82) is 0 Å². The molecule has 0 radical (unpaired) electrons. The van der Waals surface area contributed by atoms with E-state index in [9.17, 15) is 13.2 Å². The fourth-order valence-electron chi connectivity index (χ4n) is 5.19. The molecule has 34 heavy (non-hydrogen) atoms. The molecule has 0 spiro atoms. The van der Waals surface area contributed by atoms with Crippen LogP contribution in [0.1, 0.15) is 61.5 Å². The highest BCUT2D eigenvalue weighted by molar-refractivity contribution is 7.89. The lowest BCUT2D eigenvalue weighted by molar-refractivity contribution is -0.130. The van der Waals surface area contributed by atoms with Crippen molar-refractivity contribution in [3.05, 3.63) is 71.0 Å². The first kappa shape index (κ1) is 24.8. The summed E-state index contributed by atoms with van der Waals surface area (Å²) in [5.74, 6) is -0.611. The van der Waals surface area contributed by atoms with Gasteiger partial charge >= 0.3 is 0 Å². The number of amides is 1. The Hall–Kier alpha value is -2.29. The molecular weight excluding hydrogens is 455 g/mol. The van der Waals surface area contributed by atoms with Crippen LogP contribution in [0.3, 0.4) is 0 Å². The number of nitrogens with zero attached hydrogens (tertiary/aromatic N) is 1. The molecule has 2 heterocycles. The topological polar surface area (TPSA) is 75.7 Å². The first-order valence-corrected chi connectivity index (χ1v) is 13.5. The molecule has 0 bridgehead atoms. The van der Waals surface area contributed by atoms with Crippen molar-refractivity contribution < 1.29 is 22.3 Å². The lowest BCUT2D eigenvalue weighted by Crippen LogP contribution is -2.48. The largest absolute Gasteiger partial charge is 0.381 e. The quantitative estimate of drug-likeness (QED) is 0.665. The van der Waals surface area contributed by atoms with Gasteiger partial charge in [-0.05, 0) is 56.7 Å². The molecule has 6 nitrogen and oxygen atoms in total. The number of carbonyl (C=O) groups is 1. The molecule has 1 unspecified atom stereocenters. The predicted octanol–water partition coefficient (Wildman–Crippen LogP) is 4.07. The van der Waals surface area contributed by atoms with Gasteiger partial charge in [-0.25, -0.2) is 12.8 Å².